The largest absolute Gasteiger partial charge is 0.496 e. The van der Waals surface area contributed by atoms with Gasteiger partial charge in [0.25, 0.3) is 5.91 Å². The average molecular weight is 325 g/mol. The normalized spacial score (nSPS) is 18.5. The first kappa shape index (κ1) is 16.5. The number of rotatable bonds is 4. The number of methoxy groups -OCH3 is 1. The van der Waals surface area contributed by atoms with E-state index in [1.54, 1.807) is 14.0 Å². The Morgan fingerprint density at radius 2 is 2.00 bits per heavy atom. The van der Waals surface area contributed by atoms with E-state index in [9.17, 15) is 9.90 Å². The number of benzene rings is 2. The highest BCUT2D eigenvalue weighted by Gasteiger charge is 2.29. The molecule has 24 heavy (non-hydrogen) atoms. The van der Waals surface area contributed by atoms with E-state index in [-0.39, 0.29) is 17.9 Å². The summed E-state index contributed by atoms with van der Waals surface area (Å²) < 4.78 is 5.45. The fourth-order valence-electron chi connectivity index (χ4n) is 3.23. The summed E-state index contributed by atoms with van der Waals surface area (Å²) in [5, 5.41) is 9.73. The van der Waals surface area contributed by atoms with Crippen molar-refractivity contribution in [3.05, 3.63) is 54.1 Å². The van der Waals surface area contributed by atoms with Crippen molar-refractivity contribution in [2.75, 3.05) is 20.2 Å². The van der Waals surface area contributed by atoms with Gasteiger partial charge in [-0.3, -0.25) is 4.79 Å². The molecule has 1 saturated heterocycles. The molecule has 2 unspecified atom stereocenters. The van der Waals surface area contributed by atoms with Crippen LogP contribution in [-0.4, -0.2) is 42.2 Å². The first-order valence-corrected chi connectivity index (χ1v) is 8.31. The van der Waals surface area contributed by atoms with Crippen molar-refractivity contribution in [1.29, 1.82) is 0 Å². The Balaban J connectivity index is 1.88. The lowest BCUT2D eigenvalue weighted by atomic mass is 10.0. The van der Waals surface area contributed by atoms with Crippen LogP contribution >= 0.6 is 0 Å². The minimum absolute atomic E-state index is 0.0120. The number of carbonyl (C=O) groups is 1. The molecule has 0 spiro atoms. The summed E-state index contributed by atoms with van der Waals surface area (Å²) in [7, 11) is 1.64. The van der Waals surface area contributed by atoms with Gasteiger partial charge in [0.1, 0.15) is 5.75 Å². The highest BCUT2D eigenvalue weighted by Crippen LogP contribution is 2.31. The predicted octanol–water partition coefficient (Wildman–Crippen LogP) is 3.21. The summed E-state index contributed by atoms with van der Waals surface area (Å²) >= 11 is 0. The monoisotopic (exact) mass is 325 g/mol. The zero-order chi connectivity index (χ0) is 17.1. The molecular weight excluding hydrogens is 302 g/mol. The van der Waals surface area contributed by atoms with Crippen molar-refractivity contribution in [2.45, 2.75) is 19.4 Å². The maximum Gasteiger partial charge on any atom is 0.253 e. The fourth-order valence-corrected chi connectivity index (χ4v) is 3.23. The number of hydrogen-bond acceptors (Lipinski definition) is 3. The summed E-state index contributed by atoms with van der Waals surface area (Å²) in [4.78, 5) is 14.6. The quantitative estimate of drug-likeness (QED) is 0.939. The van der Waals surface area contributed by atoms with Crippen LogP contribution in [0.3, 0.4) is 0 Å². The van der Waals surface area contributed by atoms with Crippen molar-refractivity contribution < 1.29 is 14.6 Å². The highest BCUT2D eigenvalue weighted by molar-refractivity contribution is 5.96. The Morgan fingerprint density at radius 3 is 2.62 bits per heavy atom. The smallest absolute Gasteiger partial charge is 0.253 e. The van der Waals surface area contributed by atoms with Gasteiger partial charge in [0.2, 0.25) is 0 Å². The number of aliphatic hydroxyl groups excluding tert-OH is 1. The topological polar surface area (TPSA) is 49.8 Å². The van der Waals surface area contributed by atoms with E-state index in [0.717, 1.165) is 23.3 Å². The molecule has 0 bridgehead atoms. The van der Waals surface area contributed by atoms with Gasteiger partial charge >= 0.3 is 0 Å². The second-order valence-electron chi connectivity index (χ2n) is 6.32. The third-order valence-corrected chi connectivity index (χ3v) is 4.73. The van der Waals surface area contributed by atoms with E-state index >= 15 is 0 Å². The molecule has 1 fully saturated rings. The van der Waals surface area contributed by atoms with Crippen molar-refractivity contribution in [1.82, 2.24) is 4.90 Å². The van der Waals surface area contributed by atoms with E-state index in [2.05, 4.69) is 0 Å². The molecule has 3 rings (SSSR count). The SMILES string of the molecule is COc1ccc(C(=O)N2CCC(C(C)O)C2)cc1-c1ccccc1. The lowest BCUT2D eigenvalue weighted by Gasteiger charge is -2.19. The Hall–Kier alpha value is -2.33. The van der Waals surface area contributed by atoms with Gasteiger partial charge in [0.05, 0.1) is 13.2 Å². The first-order chi connectivity index (χ1) is 11.6. The number of carbonyl (C=O) groups excluding carboxylic acids is 1. The summed E-state index contributed by atoms with van der Waals surface area (Å²) in [6.45, 7) is 3.10. The molecule has 0 radical (unpaired) electrons. The molecule has 4 nitrogen and oxygen atoms in total. The Kier molecular flexibility index (Phi) is 4.86. The van der Waals surface area contributed by atoms with Gasteiger partial charge in [-0.05, 0) is 37.1 Å². The molecule has 0 saturated carbocycles. The first-order valence-electron chi connectivity index (χ1n) is 8.31. The third kappa shape index (κ3) is 3.29. The van der Waals surface area contributed by atoms with E-state index in [0.29, 0.717) is 18.7 Å². The van der Waals surface area contributed by atoms with Crippen LogP contribution in [0.2, 0.25) is 0 Å². The molecular formula is C20H23NO3. The van der Waals surface area contributed by atoms with Crippen molar-refractivity contribution >= 4 is 5.91 Å². The van der Waals surface area contributed by atoms with E-state index in [4.69, 9.17) is 4.74 Å². The molecule has 1 aliphatic rings. The zero-order valence-electron chi connectivity index (χ0n) is 14.1. The third-order valence-electron chi connectivity index (χ3n) is 4.73. The molecule has 2 aromatic rings. The Labute approximate surface area is 142 Å². The maximum atomic E-state index is 12.8. The van der Waals surface area contributed by atoms with Gasteiger partial charge in [-0.15, -0.1) is 0 Å². The molecule has 1 N–H and O–H groups in total. The van der Waals surface area contributed by atoms with E-state index < -0.39 is 0 Å². The second-order valence-corrected chi connectivity index (χ2v) is 6.32. The van der Waals surface area contributed by atoms with Crippen LogP contribution < -0.4 is 4.74 Å². The number of amides is 1. The van der Waals surface area contributed by atoms with Crippen LogP contribution in [0.4, 0.5) is 0 Å². The molecule has 2 atom stereocenters. The maximum absolute atomic E-state index is 12.8. The lowest BCUT2D eigenvalue weighted by molar-refractivity contribution is 0.0762. The van der Waals surface area contributed by atoms with Crippen LogP contribution in [0.5, 0.6) is 5.75 Å². The molecule has 4 heteroatoms. The Morgan fingerprint density at radius 1 is 1.25 bits per heavy atom. The number of hydrogen-bond donors (Lipinski definition) is 1. The van der Waals surface area contributed by atoms with Gasteiger partial charge in [-0.25, -0.2) is 0 Å². The fraction of sp³-hybridized carbons (Fsp3) is 0.350. The summed E-state index contributed by atoms with van der Waals surface area (Å²) in [6.07, 6.45) is 0.476. The minimum atomic E-state index is -0.376. The second kappa shape index (κ2) is 7.05. The number of aliphatic hydroxyl groups is 1. The van der Waals surface area contributed by atoms with E-state index in [1.807, 2.05) is 53.4 Å². The van der Waals surface area contributed by atoms with Crippen molar-refractivity contribution in [3.63, 3.8) is 0 Å². The minimum Gasteiger partial charge on any atom is -0.496 e. The van der Waals surface area contributed by atoms with Crippen molar-refractivity contribution in [3.8, 4) is 16.9 Å². The van der Waals surface area contributed by atoms with Gasteiger partial charge in [0, 0.05) is 30.1 Å². The summed E-state index contributed by atoms with van der Waals surface area (Å²) in [6, 6.07) is 15.5. The van der Waals surface area contributed by atoms with Crippen LogP contribution in [0.1, 0.15) is 23.7 Å². The van der Waals surface area contributed by atoms with Crippen LogP contribution in [0.15, 0.2) is 48.5 Å². The standard InChI is InChI=1S/C20H23NO3/c1-14(22)17-10-11-21(13-17)20(23)16-8-9-19(24-2)18(12-16)15-6-4-3-5-7-15/h3-9,12,14,17,22H,10-11,13H2,1-2H3. The Bertz CT molecular complexity index is 712. The van der Waals surface area contributed by atoms with Gasteiger partial charge in [0.15, 0.2) is 0 Å². The summed E-state index contributed by atoms with van der Waals surface area (Å²) in [5.41, 5.74) is 2.59. The summed E-state index contributed by atoms with van der Waals surface area (Å²) in [5.74, 6) is 0.930. The number of nitrogens with zero attached hydrogens (tertiary/aromatic N) is 1. The van der Waals surface area contributed by atoms with Gasteiger partial charge in [-0.1, -0.05) is 30.3 Å². The van der Waals surface area contributed by atoms with Crippen LogP contribution in [0, 0.1) is 5.92 Å². The van der Waals surface area contributed by atoms with Crippen molar-refractivity contribution in [2.24, 2.45) is 5.92 Å². The molecule has 0 aliphatic carbocycles. The zero-order valence-corrected chi connectivity index (χ0v) is 14.1. The average Bonchev–Trinajstić information content (AvgIpc) is 3.11. The predicted molar refractivity (Wildman–Crippen MR) is 94.1 cm³/mol. The number of ether oxygens (including phenoxy) is 1. The van der Waals surface area contributed by atoms with Crippen LogP contribution in [-0.2, 0) is 0 Å². The number of likely N-dealkylation sites (tertiary alicyclic amines) is 1. The molecule has 2 aromatic carbocycles. The van der Waals surface area contributed by atoms with Crippen LogP contribution in [0.25, 0.3) is 11.1 Å². The highest BCUT2D eigenvalue weighted by atomic mass is 16.5. The molecule has 1 aliphatic heterocycles. The van der Waals surface area contributed by atoms with Gasteiger partial charge in [-0.2, -0.15) is 0 Å². The lowest BCUT2D eigenvalue weighted by Crippen LogP contribution is -2.30. The van der Waals surface area contributed by atoms with E-state index in [1.165, 1.54) is 0 Å². The molecule has 0 aromatic heterocycles. The molecule has 126 valence electrons. The molecule has 1 amide bonds. The molecule has 1 heterocycles. The van der Waals surface area contributed by atoms with Gasteiger partial charge < -0.3 is 14.7 Å².